The number of hydrogen-bond donors (Lipinski definition) is 1. The largest absolute Gasteiger partial charge is 0.506 e. The highest BCUT2D eigenvalue weighted by atomic mass is 16.3. The van der Waals surface area contributed by atoms with Crippen LogP contribution in [0.25, 0.3) is 0 Å². The number of aromatic hydroxyl groups is 1. The van der Waals surface area contributed by atoms with E-state index in [2.05, 4.69) is 9.80 Å². The van der Waals surface area contributed by atoms with Gasteiger partial charge in [0.15, 0.2) is 0 Å². The lowest BCUT2D eigenvalue weighted by Crippen LogP contribution is -2.51. The van der Waals surface area contributed by atoms with Gasteiger partial charge in [0.1, 0.15) is 12.3 Å². The van der Waals surface area contributed by atoms with E-state index < -0.39 is 0 Å². The maximum absolute atomic E-state index is 12.7. The van der Waals surface area contributed by atoms with Crippen molar-refractivity contribution < 1.29 is 14.7 Å². The van der Waals surface area contributed by atoms with E-state index >= 15 is 0 Å². The molecule has 1 N–H and O–H groups in total. The van der Waals surface area contributed by atoms with Gasteiger partial charge in [0.25, 0.3) is 5.91 Å². The van der Waals surface area contributed by atoms with E-state index in [1.807, 2.05) is 42.5 Å². The normalized spacial score (nSPS) is 18.4. The van der Waals surface area contributed by atoms with E-state index in [4.69, 9.17) is 0 Å². The molecule has 2 heterocycles. The summed E-state index contributed by atoms with van der Waals surface area (Å²) in [6, 6.07) is 16.3. The van der Waals surface area contributed by atoms with Gasteiger partial charge in [-0.3, -0.25) is 14.6 Å². The third kappa shape index (κ3) is 3.46. The molecule has 0 radical (unpaired) electrons. The molecule has 2 aromatic carbocycles. The van der Waals surface area contributed by atoms with Gasteiger partial charge in [-0.25, -0.2) is 9.69 Å². The summed E-state index contributed by atoms with van der Waals surface area (Å²) in [6.07, 6.45) is 0. The van der Waals surface area contributed by atoms with Gasteiger partial charge in [-0.15, -0.1) is 0 Å². The average Bonchev–Trinajstić information content (AvgIpc) is 2.98. The van der Waals surface area contributed by atoms with Crippen LogP contribution in [-0.4, -0.2) is 66.2 Å². The van der Waals surface area contributed by atoms with Crippen LogP contribution in [0, 0.1) is 0 Å². The Hall–Kier alpha value is -3.06. The lowest BCUT2D eigenvalue weighted by Gasteiger charge is -2.37. The standard InChI is InChI=1S/C20H22N4O3/c25-18-9-5-4-8-17(18)22-12-10-21(11-13-22)15-24-19(26)14-23(20(24)27)16-6-2-1-3-7-16/h1-9,25H,10-15H2. The van der Waals surface area contributed by atoms with Crippen LogP contribution in [0.3, 0.4) is 0 Å². The summed E-state index contributed by atoms with van der Waals surface area (Å²) < 4.78 is 0. The number of carbonyl (C=O) groups excluding carboxylic acids is 2. The first kappa shape index (κ1) is 17.4. The van der Waals surface area contributed by atoms with Crippen molar-refractivity contribution in [1.82, 2.24) is 9.80 Å². The SMILES string of the molecule is O=C1CN(c2ccccc2)C(=O)N1CN1CCN(c2ccccc2O)CC1. The number of amides is 3. The van der Waals surface area contributed by atoms with Crippen molar-refractivity contribution in [3.8, 4) is 5.75 Å². The molecule has 0 bridgehead atoms. The molecule has 2 fully saturated rings. The van der Waals surface area contributed by atoms with Crippen molar-refractivity contribution in [2.75, 3.05) is 49.2 Å². The Morgan fingerprint density at radius 2 is 1.52 bits per heavy atom. The second-order valence-electron chi connectivity index (χ2n) is 6.76. The summed E-state index contributed by atoms with van der Waals surface area (Å²) in [5, 5.41) is 10.0. The van der Waals surface area contributed by atoms with Crippen LogP contribution in [0.5, 0.6) is 5.75 Å². The van der Waals surface area contributed by atoms with E-state index in [1.54, 1.807) is 12.1 Å². The molecule has 0 unspecified atom stereocenters. The molecule has 0 atom stereocenters. The lowest BCUT2D eigenvalue weighted by molar-refractivity contribution is -0.126. The first-order valence-corrected chi connectivity index (χ1v) is 9.06. The Morgan fingerprint density at radius 1 is 0.852 bits per heavy atom. The number of benzene rings is 2. The zero-order valence-corrected chi connectivity index (χ0v) is 15.0. The molecule has 2 aliphatic rings. The molecule has 4 rings (SSSR count). The van der Waals surface area contributed by atoms with Gasteiger partial charge in [0.2, 0.25) is 0 Å². The Labute approximate surface area is 158 Å². The van der Waals surface area contributed by atoms with Crippen LogP contribution >= 0.6 is 0 Å². The van der Waals surface area contributed by atoms with Crippen LogP contribution in [-0.2, 0) is 4.79 Å². The second-order valence-corrected chi connectivity index (χ2v) is 6.76. The smallest absolute Gasteiger partial charge is 0.332 e. The first-order chi connectivity index (χ1) is 13.1. The summed E-state index contributed by atoms with van der Waals surface area (Å²) in [4.78, 5) is 32.1. The highest BCUT2D eigenvalue weighted by molar-refractivity contribution is 6.12. The second kappa shape index (κ2) is 7.28. The minimum absolute atomic E-state index is 0.0840. The number of phenols is 1. The van der Waals surface area contributed by atoms with Gasteiger partial charge in [-0.1, -0.05) is 30.3 Å². The van der Waals surface area contributed by atoms with Gasteiger partial charge in [-0.2, -0.15) is 0 Å². The number of phenolic OH excluding ortho intramolecular Hbond substituents is 1. The van der Waals surface area contributed by atoms with Gasteiger partial charge >= 0.3 is 6.03 Å². The summed E-state index contributed by atoms with van der Waals surface area (Å²) in [5.41, 5.74) is 1.56. The number of hydrogen-bond acceptors (Lipinski definition) is 5. The zero-order valence-electron chi connectivity index (χ0n) is 15.0. The highest BCUT2D eigenvalue weighted by Crippen LogP contribution is 2.27. The minimum Gasteiger partial charge on any atom is -0.506 e. The number of imide groups is 1. The van der Waals surface area contributed by atoms with Crippen molar-refractivity contribution in [1.29, 1.82) is 0 Å². The topological polar surface area (TPSA) is 67.3 Å². The maximum Gasteiger partial charge on any atom is 0.332 e. The summed E-state index contributed by atoms with van der Waals surface area (Å²) in [5.74, 6) is 0.0985. The van der Waals surface area contributed by atoms with Crippen molar-refractivity contribution in [2.45, 2.75) is 0 Å². The fourth-order valence-corrected chi connectivity index (χ4v) is 3.55. The van der Waals surface area contributed by atoms with Crippen LogP contribution in [0.2, 0.25) is 0 Å². The van der Waals surface area contributed by atoms with E-state index in [-0.39, 0.29) is 24.2 Å². The van der Waals surface area contributed by atoms with Crippen LogP contribution in [0.4, 0.5) is 16.2 Å². The number of para-hydroxylation sites is 3. The van der Waals surface area contributed by atoms with E-state index in [1.165, 1.54) is 9.80 Å². The molecule has 27 heavy (non-hydrogen) atoms. The Balaban J connectivity index is 1.37. The van der Waals surface area contributed by atoms with Crippen molar-refractivity contribution >= 4 is 23.3 Å². The zero-order chi connectivity index (χ0) is 18.8. The fraction of sp³-hybridized carbons (Fsp3) is 0.300. The number of nitrogens with zero attached hydrogens (tertiary/aromatic N) is 4. The fourth-order valence-electron chi connectivity index (χ4n) is 3.55. The molecule has 0 spiro atoms. The number of anilines is 2. The van der Waals surface area contributed by atoms with Gasteiger partial charge in [0, 0.05) is 31.9 Å². The Morgan fingerprint density at radius 3 is 2.22 bits per heavy atom. The number of carbonyl (C=O) groups is 2. The number of urea groups is 1. The molecule has 7 heteroatoms. The Bertz CT molecular complexity index is 834. The first-order valence-electron chi connectivity index (χ1n) is 9.06. The summed E-state index contributed by atoms with van der Waals surface area (Å²) >= 11 is 0. The number of rotatable bonds is 4. The average molecular weight is 366 g/mol. The molecular weight excluding hydrogens is 344 g/mol. The van der Waals surface area contributed by atoms with Crippen LogP contribution < -0.4 is 9.80 Å². The van der Waals surface area contributed by atoms with E-state index in [0.29, 0.717) is 6.67 Å². The van der Waals surface area contributed by atoms with Crippen LogP contribution in [0.15, 0.2) is 54.6 Å². The van der Waals surface area contributed by atoms with Gasteiger partial charge in [-0.05, 0) is 24.3 Å². The van der Waals surface area contributed by atoms with Crippen molar-refractivity contribution in [2.24, 2.45) is 0 Å². The van der Waals surface area contributed by atoms with E-state index in [9.17, 15) is 14.7 Å². The van der Waals surface area contributed by atoms with Gasteiger partial charge < -0.3 is 10.0 Å². The predicted molar refractivity (Wildman–Crippen MR) is 103 cm³/mol. The Kier molecular flexibility index (Phi) is 4.68. The molecule has 7 nitrogen and oxygen atoms in total. The molecule has 2 aromatic rings. The molecule has 0 saturated carbocycles. The summed E-state index contributed by atoms with van der Waals surface area (Å²) in [6.45, 7) is 3.29. The third-order valence-electron chi connectivity index (χ3n) is 5.06. The van der Waals surface area contributed by atoms with Crippen molar-refractivity contribution in [3.63, 3.8) is 0 Å². The highest BCUT2D eigenvalue weighted by Gasteiger charge is 2.38. The van der Waals surface area contributed by atoms with Gasteiger partial charge in [0.05, 0.1) is 12.4 Å². The molecule has 140 valence electrons. The third-order valence-corrected chi connectivity index (χ3v) is 5.06. The molecular formula is C20H22N4O3. The number of piperazine rings is 1. The summed E-state index contributed by atoms with van der Waals surface area (Å²) in [7, 11) is 0. The van der Waals surface area contributed by atoms with Crippen LogP contribution in [0.1, 0.15) is 0 Å². The quantitative estimate of drug-likeness (QED) is 0.838. The maximum atomic E-state index is 12.7. The lowest BCUT2D eigenvalue weighted by atomic mass is 10.2. The monoisotopic (exact) mass is 366 g/mol. The molecule has 0 aliphatic carbocycles. The molecule has 3 amide bonds. The molecule has 2 saturated heterocycles. The molecule has 2 aliphatic heterocycles. The van der Waals surface area contributed by atoms with E-state index in [0.717, 1.165) is 37.6 Å². The predicted octanol–water partition coefficient (Wildman–Crippen LogP) is 1.94. The molecule has 0 aromatic heterocycles. The minimum atomic E-state index is -0.269. The van der Waals surface area contributed by atoms with Crippen molar-refractivity contribution in [3.05, 3.63) is 54.6 Å².